The van der Waals surface area contributed by atoms with Crippen molar-refractivity contribution in [2.24, 2.45) is 23.5 Å². The van der Waals surface area contributed by atoms with E-state index in [0.717, 1.165) is 11.1 Å². The summed E-state index contributed by atoms with van der Waals surface area (Å²) in [5, 5.41) is 32.8. The molecule has 1 aromatic rings. The number of phenols is 1. The van der Waals surface area contributed by atoms with Gasteiger partial charge >= 0.3 is 0 Å². The van der Waals surface area contributed by atoms with Crippen LogP contribution in [0.1, 0.15) is 55.4 Å². The van der Waals surface area contributed by atoms with Crippen molar-refractivity contribution in [2.75, 3.05) is 0 Å². The molecule has 0 spiro atoms. The van der Waals surface area contributed by atoms with E-state index in [1.165, 1.54) is 6.92 Å². The molecule has 1 fully saturated rings. The van der Waals surface area contributed by atoms with Crippen LogP contribution in [0.3, 0.4) is 0 Å². The van der Waals surface area contributed by atoms with E-state index < -0.39 is 40.6 Å². The summed E-state index contributed by atoms with van der Waals surface area (Å²) in [5.74, 6) is -5.39. The molecule has 3 aliphatic carbocycles. The fourth-order valence-corrected chi connectivity index (χ4v) is 5.66. The van der Waals surface area contributed by atoms with Crippen molar-refractivity contribution in [2.45, 2.75) is 52.4 Å². The number of phenolic OH excluding ortho intramolecular Hbond substituents is 1. The average molecular weight is 453 g/mol. The summed E-state index contributed by atoms with van der Waals surface area (Å²) >= 11 is 0. The van der Waals surface area contributed by atoms with Crippen molar-refractivity contribution >= 4 is 29.0 Å². The number of ketones is 3. The fraction of sp³-hybridized carbons (Fsp3) is 0.440. The molecular weight excluding hydrogens is 426 g/mol. The van der Waals surface area contributed by atoms with Gasteiger partial charge in [0, 0.05) is 18.4 Å². The van der Waals surface area contributed by atoms with Crippen LogP contribution in [0.15, 0.2) is 23.0 Å². The maximum atomic E-state index is 13.5. The molecule has 1 saturated carbocycles. The Hall–Kier alpha value is -3.42. The number of hydrogen-bond donors (Lipinski definition) is 4. The molecule has 5 N–H and O–H groups in total. The molecule has 1 aromatic carbocycles. The van der Waals surface area contributed by atoms with E-state index in [-0.39, 0.29) is 47.2 Å². The number of hydrogen-bond acceptors (Lipinski definition) is 7. The molecule has 0 saturated heterocycles. The van der Waals surface area contributed by atoms with E-state index >= 15 is 0 Å². The van der Waals surface area contributed by atoms with E-state index in [0.29, 0.717) is 31.2 Å². The number of benzene rings is 1. The number of rotatable bonds is 5. The Labute approximate surface area is 190 Å². The van der Waals surface area contributed by atoms with Crippen LogP contribution in [0.2, 0.25) is 0 Å². The molecular formula is C25H27NO7. The predicted molar refractivity (Wildman–Crippen MR) is 118 cm³/mol. The molecule has 0 aromatic heterocycles. The first-order valence-electron chi connectivity index (χ1n) is 11.2. The van der Waals surface area contributed by atoms with Gasteiger partial charge in [-0.05, 0) is 61.1 Å². The quantitative estimate of drug-likeness (QED) is 0.499. The van der Waals surface area contributed by atoms with Gasteiger partial charge in [0.05, 0.1) is 11.5 Å². The number of Topliss-reactive ketones (excluding diaryl/α,β-unsaturated/α-hetero) is 3. The molecule has 0 bridgehead atoms. The molecule has 0 radical (unpaired) electrons. The van der Waals surface area contributed by atoms with Crippen molar-refractivity contribution in [3.8, 4) is 5.75 Å². The number of carbonyl (C=O) groups excluding carboxylic acids is 4. The SMILES string of the molecule is CCc1cc(CCC(C)=O)c(O)c2c1CC1CC3CC(=O)C(C(N)=O)=C(O)C3C(=O)C1=C2O. The van der Waals surface area contributed by atoms with Crippen LogP contribution in [-0.2, 0) is 38.4 Å². The van der Waals surface area contributed by atoms with E-state index in [2.05, 4.69) is 0 Å². The third-order valence-corrected chi connectivity index (χ3v) is 7.19. The number of aryl methyl sites for hydroxylation is 2. The number of aromatic hydroxyl groups is 1. The highest BCUT2D eigenvalue weighted by Crippen LogP contribution is 2.51. The summed E-state index contributed by atoms with van der Waals surface area (Å²) < 4.78 is 0. The Kier molecular flexibility index (Phi) is 5.64. The maximum Gasteiger partial charge on any atom is 0.255 e. The van der Waals surface area contributed by atoms with Gasteiger partial charge < -0.3 is 25.8 Å². The molecule has 3 atom stereocenters. The fourth-order valence-electron chi connectivity index (χ4n) is 5.66. The highest BCUT2D eigenvalue weighted by Gasteiger charge is 2.51. The normalized spacial score (nSPS) is 24.4. The third kappa shape index (κ3) is 3.53. The van der Waals surface area contributed by atoms with Gasteiger partial charge in [-0.15, -0.1) is 0 Å². The number of fused-ring (bicyclic) bond motifs is 3. The zero-order valence-corrected chi connectivity index (χ0v) is 18.6. The lowest BCUT2D eigenvalue weighted by atomic mass is 9.61. The monoisotopic (exact) mass is 453 g/mol. The summed E-state index contributed by atoms with van der Waals surface area (Å²) in [6, 6.07) is 1.85. The first kappa shape index (κ1) is 22.8. The average Bonchev–Trinajstić information content (AvgIpc) is 2.72. The van der Waals surface area contributed by atoms with Gasteiger partial charge in [-0.3, -0.25) is 14.4 Å². The van der Waals surface area contributed by atoms with Gasteiger partial charge in [0.25, 0.3) is 5.91 Å². The number of aliphatic hydroxyl groups is 2. The van der Waals surface area contributed by atoms with Gasteiger partial charge in [0.1, 0.15) is 28.6 Å². The van der Waals surface area contributed by atoms with Crippen molar-refractivity contribution in [1.82, 2.24) is 0 Å². The molecule has 0 heterocycles. The Bertz CT molecular complexity index is 1170. The summed E-state index contributed by atoms with van der Waals surface area (Å²) in [4.78, 5) is 49.0. The second-order valence-electron chi connectivity index (χ2n) is 9.21. The Balaban J connectivity index is 1.86. The van der Waals surface area contributed by atoms with Crippen LogP contribution in [0.4, 0.5) is 0 Å². The molecule has 8 nitrogen and oxygen atoms in total. The first-order chi connectivity index (χ1) is 15.6. The lowest BCUT2D eigenvalue weighted by Gasteiger charge is -2.41. The zero-order valence-electron chi connectivity index (χ0n) is 18.6. The zero-order chi connectivity index (χ0) is 24.2. The molecule has 3 unspecified atom stereocenters. The largest absolute Gasteiger partial charge is 0.511 e. The summed E-state index contributed by atoms with van der Waals surface area (Å²) in [5.41, 5.74) is 7.17. The topological polar surface area (TPSA) is 155 Å². The van der Waals surface area contributed by atoms with Crippen LogP contribution in [0.5, 0.6) is 5.75 Å². The predicted octanol–water partition coefficient (Wildman–Crippen LogP) is 2.39. The van der Waals surface area contributed by atoms with Gasteiger partial charge in [-0.1, -0.05) is 13.0 Å². The lowest BCUT2D eigenvalue weighted by molar-refractivity contribution is -0.127. The number of amides is 1. The first-order valence-corrected chi connectivity index (χ1v) is 11.2. The number of allylic oxidation sites excluding steroid dienone is 2. The van der Waals surface area contributed by atoms with E-state index in [9.17, 15) is 34.5 Å². The highest BCUT2D eigenvalue weighted by atomic mass is 16.3. The van der Waals surface area contributed by atoms with Crippen LogP contribution in [0, 0.1) is 17.8 Å². The van der Waals surface area contributed by atoms with Crippen molar-refractivity contribution in [3.05, 3.63) is 45.2 Å². The van der Waals surface area contributed by atoms with Crippen molar-refractivity contribution < 1.29 is 34.5 Å². The second kappa shape index (κ2) is 8.17. The van der Waals surface area contributed by atoms with Crippen LogP contribution in [-0.4, -0.2) is 38.6 Å². The van der Waals surface area contributed by atoms with Gasteiger partial charge in [-0.25, -0.2) is 0 Å². The number of primary amides is 1. The minimum atomic E-state index is -1.13. The second-order valence-corrected chi connectivity index (χ2v) is 9.21. The Morgan fingerprint density at radius 3 is 2.42 bits per heavy atom. The molecule has 3 aliphatic rings. The summed E-state index contributed by atoms with van der Waals surface area (Å²) in [6.45, 7) is 3.42. The molecule has 174 valence electrons. The van der Waals surface area contributed by atoms with Crippen LogP contribution >= 0.6 is 0 Å². The molecule has 8 heteroatoms. The lowest BCUT2D eigenvalue weighted by Crippen LogP contribution is -2.44. The highest BCUT2D eigenvalue weighted by molar-refractivity contribution is 6.21. The minimum absolute atomic E-state index is 0.0272. The van der Waals surface area contributed by atoms with Crippen molar-refractivity contribution in [3.63, 3.8) is 0 Å². The van der Waals surface area contributed by atoms with E-state index in [1.807, 2.05) is 13.0 Å². The van der Waals surface area contributed by atoms with E-state index in [1.54, 1.807) is 0 Å². The van der Waals surface area contributed by atoms with Gasteiger partial charge in [-0.2, -0.15) is 0 Å². The molecule has 0 aliphatic heterocycles. The van der Waals surface area contributed by atoms with Gasteiger partial charge in [0.15, 0.2) is 11.6 Å². The summed E-state index contributed by atoms with van der Waals surface area (Å²) in [7, 11) is 0. The smallest absolute Gasteiger partial charge is 0.255 e. The Morgan fingerprint density at radius 1 is 1.12 bits per heavy atom. The number of nitrogens with two attached hydrogens (primary N) is 1. The van der Waals surface area contributed by atoms with Crippen LogP contribution in [0.25, 0.3) is 5.76 Å². The number of carbonyl (C=O) groups is 4. The van der Waals surface area contributed by atoms with Crippen molar-refractivity contribution in [1.29, 1.82) is 0 Å². The summed E-state index contributed by atoms with van der Waals surface area (Å²) in [6.07, 6.45) is 1.86. The van der Waals surface area contributed by atoms with Crippen LogP contribution < -0.4 is 5.73 Å². The maximum absolute atomic E-state index is 13.5. The Morgan fingerprint density at radius 2 is 1.82 bits per heavy atom. The minimum Gasteiger partial charge on any atom is -0.511 e. The number of aliphatic hydroxyl groups excluding tert-OH is 2. The standard InChI is InChI=1S/C25H27NO7/c1-3-11-6-12(5-4-10(2)27)21(29)19-15(11)8-13-7-14-9-16(28)20(25(26)33)24(32)18(14)22(30)17(13)23(19)31/h6,13-14,18,29,31-32H,3-5,7-9H2,1-2H3,(H2,26,33). The third-order valence-electron chi connectivity index (χ3n) is 7.19. The molecule has 4 rings (SSSR count). The molecule has 33 heavy (non-hydrogen) atoms. The van der Waals surface area contributed by atoms with E-state index in [4.69, 9.17) is 5.73 Å². The van der Waals surface area contributed by atoms with Gasteiger partial charge in [0.2, 0.25) is 0 Å². The molecule has 1 amide bonds.